The van der Waals surface area contributed by atoms with Crippen molar-refractivity contribution in [1.29, 1.82) is 0 Å². The van der Waals surface area contributed by atoms with Crippen LogP contribution in [0.5, 0.6) is 0 Å². The predicted molar refractivity (Wildman–Crippen MR) is 140 cm³/mol. The van der Waals surface area contributed by atoms with E-state index in [-0.39, 0.29) is 17.6 Å². The maximum absolute atomic E-state index is 13.8. The molecule has 34 heavy (non-hydrogen) atoms. The monoisotopic (exact) mass is 493 g/mol. The smallest absolute Gasteiger partial charge is 0.408 e. The number of hydrogen-bond acceptors (Lipinski definition) is 5. The molecule has 0 saturated heterocycles. The lowest BCUT2D eigenvalue weighted by Gasteiger charge is -2.36. The minimum Gasteiger partial charge on any atom is -0.444 e. The second-order valence-corrected chi connectivity index (χ2v) is 11.1. The quantitative estimate of drug-likeness (QED) is 0.435. The van der Waals surface area contributed by atoms with Crippen LogP contribution < -0.4 is 10.6 Å². The van der Waals surface area contributed by atoms with Gasteiger partial charge in [0.15, 0.2) is 0 Å². The van der Waals surface area contributed by atoms with Crippen LogP contribution in [0.15, 0.2) is 18.2 Å². The number of carbonyl (C=O) groups excluding carboxylic acids is 3. The normalized spacial score (nSPS) is 13.6. The Morgan fingerprint density at radius 3 is 2.21 bits per heavy atom. The molecule has 1 rings (SSSR count). The van der Waals surface area contributed by atoms with Gasteiger partial charge in [-0.05, 0) is 78.5 Å². The van der Waals surface area contributed by atoms with Crippen LogP contribution in [0.3, 0.4) is 0 Å². The molecule has 0 fully saturated rings. The van der Waals surface area contributed by atoms with E-state index in [1.807, 2.05) is 59.7 Å². The van der Waals surface area contributed by atoms with Crippen LogP contribution in [0.4, 0.5) is 4.79 Å². The molecule has 0 radical (unpaired) electrons. The summed E-state index contributed by atoms with van der Waals surface area (Å²) in [5.74, 6) is -0.564. The van der Waals surface area contributed by atoms with Crippen LogP contribution in [0.2, 0.25) is 0 Å². The Kier molecular flexibility index (Phi) is 10.9. The van der Waals surface area contributed by atoms with E-state index >= 15 is 0 Å². The average molecular weight is 494 g/mol. The topological polar surface area (TPSA) is 87.7 Å². The highest BCUT2D eigenvalue weighted by atomic mass is 32.1. The number of unbranched alkanes of at least 4 members (excludes halogenated alkanes) is 1. The van der Waals surface area contributed by atoms with Gasteiger partial charge < -0.3 is 20.3 Å². The van der Waals surface area contributed by atoms with E-state index in [0.29, 0.717) is 13.0 Å². The summed E-state index contributed by atoms with van der Waals surface area (Å²) in [5, 5.41) is 5.68. The number of carbonyl (C=O) groups is 3. The molecule has 8 heteroatoms. The molecule has 0 aliphatic heterocycles. The number of nitrogens with one attached hydrogen (secondary N) is 2. The Hall–Kier alpha value is -2.22. The summed E-state index contributed by atoms with van der Waals surface area (Å²) in [6.45, 7) is 17.3. The van der Waals surface area contributed by atoms with Gasteiger partial charge in [-0.2, -0.15) is 12.6 Å². The zero-order chi connectivity index (χ0) is 26.3. The van der Waals surface area contributed by atoms with Crippen LogP contribution >= 0.6 is 12.6 Å². The molecule has 0 spiro atoms. The summed E-state index contributed by atoms with van der Waals surface area (Å²) >= 11 is 4.32. The van der Waals surface area contributed by atoms with E-state index in [1.54, 1.807) is 25.7 Å². The van der Waals surface area contributed by atoms with Crippen molar-refractivity contribution in [2.24, 2.45) is 0 Å². The highest BCUT2D eigenvalue weighted by Crippen LogP contribution is 2.28. The van der Waals surface area contributed by atoms with Crippen molar-refractivity contribution in [2.75, 3.05) is 12.3 Å². The van der Waals surface area contributed by atoms with Gasteiger partial charge in [0.2, 0.25) is 11.8 Å². The molecule has 0 aliphatic carbocycles. The average Bonchev–Trinajstić information content (AvgIpc) is 2.68. The van der Waals surface area contributed by atoms with Gasteiger partial charge >= 0.3 is 6.09 Å². The van der Waals surface area contributed by atoms with Crippen LogP contribution in [-0.2, 0) is 14.3 Å². The summed E-state index contributed by atoms with van der Waals surface area (Å²) in [6.07, 6.45) is 0.856. The van der Waals surface area contributed by atoms with Crippen molar-refractivity contribution in [3.63, 3.8) is 0 Å². The molecule has 1 aromatic rings. The molecular weight excluding hydrogens is 450 g/mol. The minimum atomic E-state index is -0.940. The van der Waals surface area contributed by atoms with Crippen molar-refractivity contribution in [2.45, 2.75) is 98.4 Å². The Balaban J connectivity index is 3.49. The van der Waals surface area contributed by atoms with Gasteiger partial charge in [0.25, 0.3) is 0 Å². The molecule has 0 bridgehead atoms. The van der Waals surface area contributed by atoms with E-state index in [4.69, 9.17) is 4.74 Å². The Labute approximate surface area is 210 Å². The Bertz CT molecular complexity index is 859. The number of nitrogens with zero attached hydrogens (tertiary/aromatic N) is 1. The number of ether oxygens (including phenoxy) is 1. The minimum absolute atomic E-state index is 0.0705. The molecule has 0 aliphatic rings. The molecule has 2 N–H and O–H groups in total. The summed E-state index contributed by atoms with van der Waals surface area (Å²) in [6, 6.07) is 3.98. The van der Waals surface area contributed by atoms with Gasteiger partial charge in [0.05, 0.1) is 0 Å². The molecule has 2 unspecified atom stereocenters. The predicted octanol–water partition coefficient (Wildman–Crippen LogP) is 4.71. The first-order valence-electron chi connectivity index (χ1n) is 11.9. The second kappa shape index (κ2) is 12.5. The fourth-order valence-electron chi connectivity index (χ4n) is 3.49. The Morgan fingerprint density at radius 1 is 1.09 bits per heavy atom. The summed E-state index contributed by atoms with van der Waals surface area (Å²) < 4.78 is 5.34. The largest absolute Gasteiger partial charge is 0.444 e. The molecular formula is C26H43N3O4S. The van der Waals surface area contributed by atoms with E-state index < -0.39 is 29.3 Å². The summed E-state index contributed by atoms with van der Waals surface area (Å²) in [5.41, 5.74) is 1.56. The number of rotatable bonds is 9. The van der Waals surface area contributed by atoms with Crippen molar-refractivity contribution in [3.05, 3.63) is 34.9 Å². The van der Waals surface area contributed by atoms with Crippen molar-refractivity contribution >= 4 is 30.5 Å². The zero-order valence-electron chi connectivity index (χ0n) is 22.2. The van der Waals surface area contributed by atoms with Gasteiger partial charge in [-0.3, -0.25) is 9.59 Å². The first kappa shape index (κ1) is 29.8. The molecule has 3 amide bonds. The van der Waals surface area contributed by atoms with E-state index in [2.05, 4.69) is 23.3 Å². The van der Waals surface area contributed by atoms with Gasteiger partial charge in [-0.1, -0.05) is 31.5 Å². The highest BCUT2D eigenvalue weighted by molar-refractivity contribution is 7.80. The molecule has 0 heterocycles. The first-order valence-corrected chi connectivity index (χ1v) is 12.5. The lowest BCUT2D eigenvalue weighted by Crippen LogP contribution is -2.55. The Morgan fingerprint density at radius 2 is 1.71 bits per heavy atom. The second-order valence-electron chi connectivity index (χ2n) is 10.7. The molecule has 2 atom stereocenters. The number of hydrogen-bond donors (Lipinski definition) is 3. The molecule has 0 saturated carbocycles. The number of benzene rings is 1. The van der Waals surface area contributed by atoms with E-state index in [9.17, 15) is 14.4 Å². The summed E-state index contributed by atoms with van der Waals surface area (Å²) in [4.78, 5) is 41.4. The number of aryl methyl sites for hydroxylation is 1. The van der Waals surface area contributed by atoms with Gasteiger partial charge in [-0.15, -0.1) is 0 Å². The van der Waals surface area contributed by atoms with Crippen molar-refractivity contribution in [3.8, 4) is 0 Å². The fourth-order valence-corrected chi connectivity index (χ4v) is 3.74. The van der Waals surface area contributed by atoms with Gasteiger partial charge in [0.1, 0.15) is 17.7 Å². The highest BCUT2D eigenvalue weighted by Gasteiger charge is 2.37. The standard InChI is InChI=1S/C26H43N3O4S/c1-10-11-15-29(23(31)20(16-34)27-24(32)33-26(7,8)9)21(22(30)28-25(4,5)6)19-14-12-13-17(2)18(19)3/h12-14,20-21,34H,10-11,15-16H2,1-9H3,(H,27,32)(H,28,30). The van der Waals surface area contributed by atoms with Crippen LogP contribution in [-0.4, -0.2) is 52.3 Å². The van der Waals surface area contributed by atoms with Gasteiger partial charge in [-0.25, -0.2) is 4.79 Å². The summed E-state index contributed by atoms with van der Waals surface area (Å²) in [7, 11) is 0. The number of amides is 3. The lowest BCUT2D eigenvalue weighted by atomic mass is 9.94. The fraction of sp³-hybridized carbons (Fsp3) is 0.654. The third-order valence-electron chi connectivity index (χ3n) is 5.21. The third-order valence-corrected chi connectivity index (χ3v) is 5.57. The molecule has 7 nitrogen and oxygen atoms in total. The molecule has 1 aromatic carbocycles. The van der Waals surface area contributed by atoms with Crippen LogP contribution in [0, 0.1) is 13.8 Å². The molecule has 192 valence electrons. The number of alkyl carbamates (subject to hydrolysis) is 1. The van der Waals surface area contributed by atoms with Crippen molar-refractivity contribution in [1.82, 2.24) is 15.5 Å². The van der Waals surface area contributed by atoms with E-state index in [1.165, 1.54) is 0 Å². The third kappa shape index (κ3) is 9.20. The van der Waals surface area contributed by atoms with Crippen molar-refractivity contribution < 1.29 is 19.1 Å². The lowest BCUT2D eigenvalue weighted by molar-refractivity contribution is -0.142. The van der Waals surface area contributed by atoms with Crippen LogP contribution in [0.25, 0.3) is 0 Å². The molecule has 0 aromatic heterocycles. The van der Waals surface area contributed by atoms with E-state index in [0.717, 1.165) is 23.1 Å². The SMILES string of the molecule is CCCCN(C(=O)C(CS)NC(=O)OC(C)(C)C)C(C(=O)NC(C)(C)C)c1cccc(C)c1C. The van der Waals surface area contributed by atoms with Crippen LogP contribution in [0.1, 0.15) is 84.0 Å². The maximum Gasteiger partial charge on any atom is 0.408 e. The first-order chi connectivity index (χ1) is 15.6. The maximum atomic E-state index is 13.8. The van der Waals surface area contributed by atoms with Gasteiger partial charge in [0, 0.05) is 17.8 Å². The zero-order valence-corrected chi connectivity index (χ0v) is 23.1. The number of thiol groups is 1.